The van der Waals surface area contributed by atoms with E-state index < -0.39 is 0 Å². The quantitative estimate of drug-likeness (QED) is 0.423. The lowest BCUT2D eigenvalue weighted by atomic mass is 10.1. The Kier molecular flexibility index (Phi) is 8.17. The van der Waals surface area contributed by atoms with Gasteiger partial charge in [-0.25, -0.2) is 0 Å². The van der Waals surface area contributed by atoms with Gasteiger partial charge in [0, 0.05) is 29.4 Å². The van der Waals surface area contributed by atoms with Crippen molar-refractivity contribution in [3.05, 3.63) is 83.2 Å². The summed E-state index contributed by atoms with van der Waals surface area (Å²) in [5.41, 5.74) is 3.30. The van der Waals surface area contributed by atoms with E-state index in [-0.39, 0.29) is 17.9 Å². The maximum atomic E-state index is 12.8. The highest BCUT2D eigenvalue weighted by molar-refractivity contribution is 6.05. The Balaban J connectivity index is 1.29. The fourth-order valence-electron chi connectivity index (χ4n) is 3.38. The topological polar surface area (TPSA) is 92.8 Å². The molecule has 0 saturated heterocycles. The van der Waals surface area contributed by atoms with Gasteiger partial charge in [-0.05, 0) is 88.0 Å². The van der Waals surface area contributed by atoms with Crippen LogP contribution in [0.4, 0.5) is 5.69 Å². The first-order chi connectivity index (χ1) is 17.4. The second kappa shape index (κ2) is 11.7. The largest absolute Gasteiger partial charge is 0.491 e. The number of hydrogen-bond acceptors (Lipinski definition) is 6. The molecule has 4 rings (SSSR count). The minimum absolute atomic E-state index is 0.115. The van der Waals surface area contributed by atoms with Crippen LogP contribution in [0.2, 0.25) is 0 Å². The van der Waals surface area contributed by atoms with Gasteiger partial charge in [0.25, 0.3) is 11.8 Å². The molecule has 8 heteroatoms. The fourth-order valence-corrected chi connectivity index (χ4v) is 3.38. The Morgan fingerprint density at radius 1 is 0.944 bits per heavy atom. The van der Waals surface area contributed by atoms with Crippen molar-refractivity contribution in [2.24, 2.45) is 0 Å². The van der Waals surface area contributed by atoms with Crippen LogP contribution in [-0.2, 0) is 6.61 Å². The number of aryl methyl sites for hydroxylation is 1. The number of carbonyl (C=O) groups is 2. The molecule has 36 heavy (non-hydrogen) atoms. The SMILES string of the molecule is Cc1ccc(C(=O)NC2CC2)cc1NC(=O)c1ccc(OCc2ccc(OCCN(C)C)cn2)cc1. The van der Waals surface area contributed by atoms with E-state index in [1.807, 2.05) is 39.2 Å². The van der Waals surface area contributed by atoms with Gasteiger partial charge in [-0.2, -0.15) is 0 Å². The van der Waals surface area contributed by atoms with Gasteiger partial charge >= 0.3 is 0 Å². The van der Waals surface area contributed by atoms with Crippen molar-refractivity contribution in [1.82, 2.24) is 15.2 Å². The van der Waals surface area contributed by atoms with Crippen LogP contribution < -0.4 is 20.1 Å². The third kappa shape index (κ3) is 7.29. The first-order valence-corrected chi connectivity index (χ1v) is 12.1. The summed E-state index contributed by atoms with van der Waals surface area (Å²) in [4.78, 5) is 31.6. The van der Waals surface area contributed by atoms with Gasteiger partial charge in [-0.1, -0.05) is 6.07 Å². The minimum atomic E-state index is -0.254. The molecular formula is C28H32N4O4. The van der Waals surface area contributed by atoms with Crippen molar-refractivity contribution in [3.63, 3.8) is 0 Å². The lowest BCUT2D eigenvalue weighted by Gasteiger charge is -2.12. The lowest BCUT2D eigenvalue weighted by Crippen LogP contribution is -2.25. The molecule has 1 saturated carbocycles. The number of benzene rings is 2. The molecule has 1 fully saturated rings. The third-order valence-corrected chi connectivity index (χ3v) is 5.77. The molecule has 2 amide bonds. The minimum Gasteiger partial charge on any atom is -0.491 e. The van der Waals surface area contributed by atoms with Gasteiger partial charge in [0.05, 0.1) is 11.9 Å². The fraction of sp³-hybridized carbons (Fsp3) is 0.321. The molecule has 0 bridgehead atoms. The number of amides is 2. The van der Waals surface area contributed by atoms with E-state index in [0.29, 0.717) is 35.8 Å². The number of likely N-dealkylation sites (N-methyl/N-ethyl adjacent to an activating group) is 1. The summed E-state index contributed by atoms with van der Waals surface area (Å²) in [5, 5.41) is 5.88. The van der Waals surface area contributed by atoms with E-state index in [2.05, 4.69) is 20.5 Å². The van der Waals surface area contributed by atoms with Crippen molar-refractivity contribution in [1.29, 1.82) is 0 Å². The van der Waals surface area contributed by atoms with Gasteiger partial charge in [0.15, 0.2) is 0 Å². The standard InChI is InChI=1S/C28H32N4O4/c1-19-4-5-21(28(34)30-22-8-9-22)16-26(19)31-27(33)20-6-11-24(12-7-20)36-18-23-10-13-25(17-29-23)35-15-14-32(2)3/h4-7,10-13,16-17,22H,8-9,14-15,18H2,1-3H3,(H,30,34)(H,31,33). The summed E-state index contributed by atoms with van der Waals surface area (Å²) < 4.78 is 11.5. The average Bonchev–Trinajstić information content (AvgIpc) is 3.69. The van der Waals surface area contributed by atoms with Crippen molar-refractivity contribution in [2.45, 2.75) is 32.4 Å². The summed E-state index contributed by atoms with van der Waals surface area (Å²) in [6.45, 7) is 3.64. The summed E-state index contributed by atoms with van der Waals surface area (Å²) in [7, 11) is 4.00. The Labute approximate surface area is 211 Å². The summed E-state index contributed by atoms with van der Waals surface area (Å²) in [6, 6.07) is 16.3. The second-order valence-corrected chi connectivity index (χ2v) is 9.18. The molecule has 0 spiro atoms. The summed E-state index contributed by atoms with van der Waals surface area (Å²) >= 11 is 0. The maximum Gasteiger partial charge on any atom is 0.255 e. The van der Waals surface area contributed by atoms with Crippen LogP contribution in [0.1, 0.15) is 44.8 Å². The highest BCUT2D eigenvalue weighted by Gasteiger charge is 2.24. The van der Waals surface area contributed by atoms with Gasteiger partial charge in [-0.3, -0.25) is 14.6 Å². The number of nitrogens with one attached hydrogen (secondary N) is 2. The Morgan fingerprint density at radius 3 is 2.33 bits per heavy atom. The smallest absolute Gasteiger partial charge is 0.255 e. The first kappa shape index (κ1) is 25.2. The average molecular weight is 489 g/mol. The zero-order valence-electron chi connectivity index (χ0n) is 20.9. The molecule has 8 nitrogen and oxygen atoms in total. The highest BCUT2D eigenvalue weighted by Crippen LogP contribution is 2.22. The van der Waals surface area contributed by atoms with Crippen molar-refractivity contribution >= 4 is 17.5 Å². The Morgan fingerprint density at radius 2 is 1.67 bits per heavy atom. The molecular weight excluding hydrogens is 456 g/mol. The van der Waals surface area contributed by atoms with Gasteiger partial charge in [0.2, 0.25) is 0 Å². The number of hydrogen-bond donors (Lipinski definition) is 2. The van der Waals surface area contributed by atoms with Crippen molar-refractivity contribution in [3.8, 4) is 11.5 Å². The number of pyridine rings is 1. The lowest BCUT2D eigenvalue weighted by molar-refractivity contribution is 0.0949. The number of aromatic nitrogens is 1. The third-order valence-electron chi connectivity index (χ3n) is 5.77. The number of carbonyl (C=O) groups excluding carboxylic acids is 2. The van der Waals surface area contributed by atoms with Crippen LogP contribution in [0.25, 0.3) is 0 Å². The van der Waals surface area contributed by atoms with Crippen LogP contribution in [0.5, 0.6) is 11.5 Å². The number of anilines is 1. The molecule has 0 radical (unpaired) electrons. The van der Waals surface area contributed by atoms with Gasteiger partial charge < -0.3 is 25.0 Å². The van der Waals surface area contributed by atoms with Gasteiger partial charge in [-0.15, -0.1) is 0 Å². The van der Waals surface area contributed by atoms with E-state index in [9.17, 15) is 9.59 Å². The molecule has 0 unspecified atom stereocenters. The van der Waals surface area contributed by atoms with E-state index in [0.717, 1.165) is 36.4 Å². The Bertz CT molecular complexity index is 1190. The van der Waals surface area contributed by atoms with E-state index >= 15 is 0 Å². The molecule has 188 valence electrons. The second-order valence-electron chi connectivity index (χ2n) is 9.18. The zero-order valence-corrected chi connectivity index (χ0v) is 20.9. The molecule has 1 aromatic heterocycles. The van der Waals surface area contributed by atoms with E-state index in [4.69, 9.17) is 9.47 Å². The first-order valence-electron chi connectivity index (χ1n) is 12.1. The highest BCUT2D eigenvalue weighted by atomic mass is 16.5. The van der Waals surface area contributed by atoms with Gasteiger partial charge in [0.1, 0.15) is 24.7 Å². The van der Waals surface area contributed by atoms with Crippen LogP contribution in [0, 0.1) is 6.92 Å². The number of ether oxygens (including phenoxy) is 2. The van der Waals surface area contributed by atoms with Crippen LogP contribution in [-0.4, -0.2) is 55.0 Å². The van der Waals surface area contributed by atoms with Crippen LogP contribution in [0.3, 0.4) is 0 Å². The molecule has 1 aliphatic rings. The number of nitrogens with zero attached hydrogens (tertiary/aromatic N) is 2. The van der Waals surface area contributed by atoms with Crippen LogP contribution in [0.15, 0.2) is 60.8 Å². The molecule has 2 N–H and O–H groups in total. The molecule has 0 atom stereocenters. The predicted molar refractivity (Wildman–Crippen MR) is 139 cm³/mol. The molecule has 1 heterocycles. The van der Waals surface area contributed by atoms with E-state index in [1.54, 1.807) is 42.6 Å². The van der Waals surface area contributed by atoms with E-state index in [1.165, 1.54) is 0 Å². The number of rotatable bonds is 11. The molecule has 3 aromatic rings. The molecule has 2 aromatic carbocycles. The molecule has 1 aliphatic carbocycles. The maximum absolute atomic E-state index is 12.8. The Hall–Kier alpha value is -3.91. The van der Waals surface area contributed by atoms with Crippen molar-refractivity contribution < 1.29 is 19.1 Å². The van der Waals surface area contributed by atoms with Crippen molar-refractivity contribution in [2.75, 3.05) is 32.6 Å². The zero-order chi connectivity index (χ0) is 25.5. The monoisotopic (exact) mass is 488 g/mol. The summed E-state index contributed by atoms with van der Waals surface area (Å²) in [5.74, 6) is 0.987. The normalized spacial score (nSPS) is 12.8. The molecule has 0 aliphatic heterocycles. The predicted octanol–water partition coefficient (Wildman–Crippen LogP) is 4.05. The summed E-state index contributed by atoms with van der Waals surface area (Å²) in [6.07, 6.45) is 3.74. The van der Waals surface area contributed by atoms with Crippen LogP contribution >= 0.6 is 0 Å².